The number of para-hydroxylation sites is 2. The van der Waals surface area contributed by atoms with Crippen molar-refractivity contribution >= 4 is 38.4 Å². The molecule has 1 unspecified atom stereocenters. The summed E-state index contributed by atoms with van der Waals surface area (Å²) in [6.45, 7) is 2.04. The molecule has 5 rings (SSSR count). The van der Waals surface area contributed by atoms with Gasteiger partial charge in [0, 0.05) is 32.1 Å². The molecular weight excluding hydrogens is 434 g/mol. The van der Waals surface area contributed by atoms with Crippen LogP contribution in [-0.4, -0.2) is 54.7 Å². The molecule has 0 radical (unpaired) electrons. The smallest absolute Gasteiger partial charge is 0.252 e. The molecule has 0 spiro atoms. The fourth-order valence-electron chi connectivity index (χ4n) is 4.57. The third-order valence-corrected chi connectivity index (χ3v) is 9.53. The predicted molar refractivity (Wildman–Crippen MR) is 118 cm³/mol. The van der Waals surface area contributed by atoms with Crippen LogP contribution in [0.15, 0.2) is 50.4 Å². The van der Waals surface area contributed by atoms with Gasteiger partial charge < -0.3 is 9.32 Å². The molecule has 164 valence electrons. The molecule has 2 fully saturated rings. The fraction of sp³-hybridized carbons (Fsp3) is 0.455. The molecule has 1 amide bonds. The number of oxazole rings is 1. The van der Waals surface area contributed by atoms with Crippen LogP contribution >= 0.6 is 11.3 Å². The zero-order chi connectivity index (χ0) is 21.4. The maximum atomic E-state index is 13.2. The molecule has 7 nitrogen and oxygen atoms in total. The highest BCUT2D eigenvalue weighted by molar-refractivity contribution is 7.91. The van der Waals surface area contributed by atoms with Crippen molar-refractivity contribution in [3.05, 3.63) is 47.7 Å². The number of nitrogens with zero attached hydrogens (tertiary/aromatic N) is 3. The topological polar surface area (TPSA) is 83.7 Å². The van der Waals surface area contributed by atoms with E-state index >= 15 is 0 Å². The van der Waals surface area contributed by atoms with Crippen molar-refractivity contribution < 1.29 is 17.6 Å². The van der Waals surface area contributed by atoms with Crippen LogP contribution in [0.4, 0.5) is 0 Å². The molecule has 9 heteroatoms. The molecule has 2 aliphatic rings. The van der Waals surface area contributed by atoms with E-state index in [1.165, 1.54) is 15.6 Å². The van der Waals surface area contributed by atoms with Gasteiger partial charge in [0.1, 0.15) is 9.73 Å². The summed E-state index contributed by atoms with van der Waals surface area (Å²) in [5.74, 6) is 0.754. The van der Waals surface area contributed by atoms with Crippen LogP contribution in [0.5, 0.6) is 0 Å². The molecule has 0 aliphatic carbocycles. The third-order valence-electron chi connectivity index (χ3n) is 6.29. The van der Waals surface area contributed by atoms with E-state index in [1.54, 1.807) is 17.5 Å². The van der Waals surface area contributed by atoms with Gasteiger partial charge in [-0.15, -0.1) is 11.3 Å². The molecule has 2 aromatic heterocycles. The lowest BCUT2D eigenvalue weighted by atomic mass is 9.93. The number of carbonyl (C=O) groups is 1. The Hall–Kier alpha value is -2.23. The number of likely N-dealkylation sites (tertiary alicyclic amines) is 1. The summed E-state index contributed by atoms with van der Waals surface area (Å²) in [5, 5.41) is 1.76. The Labute approximate surface area is 185 Å². The number of carbonyl (C=O) groups excluding carboxylic acids is 1. The van der Waals surface area contributed by atoms with Gasteiger partial charge in [-0.3, -0.25) is 4.79 Å². The molecule has 0 bridgehead atoms. The van der Waals surface area contributed by atoms with Gasteiger partial charge in [0.25, 0.3) is 10.0 Å². The van der Waals surface area contributed by atoms with E-state index in [4.69, 9.17) is 4.42 Å². The van der Waals surface area contributed by atoms with Crippen molar-refractivity contribution in [1.82, 2.24) is 14.2 Å². The van der Waals surface area contributed by atoms with Crippen LogP contribution in [0.25, 0.3) is 11.1 Å². The van der Waals surface area contributed by atoms with E-state index < -0.39 is 10.0 Å². The number of hydrogen-bond acceptors (Lipinski definition) is 6. The van der Waals surface area contributed by atoms with Crippen molar-refractivity contribution in [2.45, 2.75) is 35.8 Å². The van der Waals surface area contributed by atoms with Gasteiger partial charge in [-0.2, -0.15) is 4.31 Å². The van der Waals surface area contributed by atoms with Crippen LogP contribution in [0.3, 0.4) is 0 Å². The van der Waals surface area contributed by atoms with Crippen molar-refractivity contribution in [3.8, 4) is 0 Å². The number of hydrogen-bond donors (Lipinski definition) is 0. The lowest BCUT2D eigenvalue weighted by Crippen LogP contribution is -2.48. The largest absolute Gasteiger partial charge is 0.440 e. The number of sulfonamides is 1. The SMILES string of the molecule is O=C(C1CCCN(S(=O)(=O)c2cccs2)C1)N1CCC(c2nc3ccccc3o2)CC1. The van der Waals surface area contributed by atoms with Crippen LogP contribution in [0.1, 0.15) is 37.5 Å². The lowest BCUT2D eigenvalue weighted by Gasteiger charge is -2.36. The zero-order valence-electron chi connectivity index (χ0n) is 17.1. The van der Waals surface area contributed by atoms with E-state index in [0.29, 0.717) is 30.3 Å². The maximum absolute atomic E-state index is 13.2. The molecule has 2 aliphatic heterocycles. The molecule has 0 N–H and O–H groups in total. The molecule has 0 saturated carbocycles. The van der Waals surface area contributed by atoms with Crippen LogP contribution in [0, 0.1) is 5.92 Å². The molecule has 4 heterocycles. The molecule has 2 saturated heterocycles. The molecule has 3 aromatic rings. The van der Waals surface area contributed by atoms with E-state index in [9.17, 15) is 13.2 Å². The summed E-state index contributed by atoms with van der Waals surface area (Å²) in [6, 6.07) is 11.1. The van der Waals surface area contributed by atoms with Crippen LogP contribution < -0.4 is 0 Å². The monoisotopic (exact) mass is 459 g/mol. The average molecular weight is 460 g/mol. The number of rotatable bonds is 4. The summed E-state index contributed by atoms with van der Waals surface area (Å²) < 4.78 is 33.5. The van der Waals surface area contributed by atoms with E-state index in [0.717, 1.165) is 36.3 Å². The van der Waals surface area contributed by atoms with Gasteiger partial charge >= 0.3 is 0 Å². The Kier molecular flexibility index (Phi) is 5.58. The Morgan fingerprint density at radius 3 is 2.61 bits per heavy atom. The zero-order valence-corrected chi connectivity index (χ0v) is 18.8. The third kappa shape index (κ3) is 4.02. The lowest BCUT2D eigenvalue weighted by molar-refractivity contribution is -0.137. The Morgan fingerprint density at radius 2 is 1.87 bits per heavy atom. The number of aromatic nitrogens is 1. The molecular formula is C22H25N3O4S2. The standard InChI is InChI=1S/C22H25N3O4S2/c26-22(17-5-3-11-25(15-17)31(27,28)20-8-4-14-30-20)24-12-9-16(10-13-24)21-23-18-6-1-2-7-19(18)29-21/h1-2,4,6-8,14,16-17H,3,5,9-13,15H2. The van der Waals surface area contributed by atoms with Crippen LogP contribution in [0.2, 0.25) is 0 Å². The van der Waals surface area contributed by atoms with Crippen molar-refractivity contribution in [1.29, 1.82) is 0 Å². The number of fused-ring (bicyclic) bond motifs is 1. The van der Waals surface area contributed by atoms with Gasteiger partial charge in [0.05, 0.1) is 5.92 Å². The first-order valence-corrected chi connectivity index (χ1v) is 13.0. The number of amides is 1. The van der Waals surface area contributed by atoms with E-state index in [1.807, 2.05) is 29.2 Å². The second-order valence-electron chi connectivity index (χ2n) is 8.25. The summed E-state index contributed by atoms with van der Waals surface area (Å²) in [4.78, 5) is 19.7. The highest BCUT2D eigenvalue weighted by Crippen LogP contribution is 2.32. The van der Waals surface area contributed by atoms with Crippen molar-refractivity contribution in [2.75, 3.05) is 26.2 Å². The van der Waals surface area contributed by atoms with Gasteiger partial charge in [-0.25, -0.2) is 13.4 Å². The molecule has 1 aromatic carbocycles. The summed E-state index contributed by atoms with van der Waals surface area (Å²) >= 11 is 1.22. The Morgan fingerprint density at radius 1 is 1.06 bits per heavy atom. The van der Waals surface area contributed by atoms with E-state index in [2.05, 4.69) is 4.98 Å². The second kappa shape index (κ2) is 8.37. The van der Waals surface area contributed by atoms with Crippen LogP contribution in [-0.2, 0) is 14.8 Å². The summed E-state index contributed by atoms with van der Waals surface area (Å²) in [5.41, 5.74) is 1.66. The fourth-order valence-corrected chi connectivity index (χ4v) is 7.24. The average Bonchev–Trinajstić information content (AvgIpc) is 3.49. The predicted octanol–water partition coefficient (Wildman–Crippen LogP) is 3.70. The summed E-state index contributed by atoms with van der Waals surface area (Å²) in [6.07, 6.45) is 3.06. The summed E-state index contributed by atoms with van der Waals surface area (Å²) in [7, 11) is -3.51. The number of piperidine rings is 2. The first kappa shape index (κ1) is 20.7. The minimum Gasteiger partial charge on any atom is -0.440 e. The van der Waals surface area contributed by atoms with Crippen molar-refractivity contribution in [2.24, 2.45) is 5.92 Å². The van der Waals surface area contributed by atoms with Gasteiger partial charge in [0.2, 0.25) is 5.91 Å². The highest BCUT2D eigenvalue weighted by Gasteiger charge is 2.37. The van der Waals surface area contributed by atoms with Gasteiger partial charge in [0.15, 0.2) is 11.5 Å². The Bertz CT molecular complexity index is 1130. The van der Waals surface area contributed by atoms with E-state index in [-0.39, 0.29) is 24.3 Å². The highest BCUT2D eigenvalue weighted by atomic mass is 32.2. The first-order chi connectivity index (χ1) is 15.0. The minimum atomic E-state index is -3.51. The normalized spacial score (nSPS) is 21.5. The van der Waals surface area contributed by atoms with Crippen molar-refractivity contribution in [3.63, 3.8) is 0 Å². The quantitative estimate of drug-likeness (QED) is 0.594. The second-order valence-corrected chi connectivity index (χ2v) is 11.4. The number of thiophene rings is 1. The minimum absolute atomic E-state index is 0.0714. The maximum Gasteiger partial charge on any atom is 0.252 e. The van der Waals surface area contributed by atoms with Gasteiger partial charge in [-0.1, -0.05) is 18.2 Å². The molecule has 1 atom stereocenters. The number of benzene rings is 1. The Balaban J connectivity index is 1.22. The first-order valence-electron chi connectivity index (χ1n) is 10.7. The van der Waals surface area contributed by atoms with Gasteiger partial charge in [-0.05, 0) is 49.3 Å². The molecule has 31 heavy (non-hydrogen) atoms.